The molecule has 1 saturated heterocycles. The second-order valence-electron chi connectivity index (χ2n) is 8.64. The van der Waals surface area contributed by atoms with Gasteiger partial charge in [-0.1, -0.05) is 48.0 Å². The van der Waals surface area contributed by atoms with Crippen molar-refractivity contribution in [1.82, 2.24) is 19.7 Å². The Morgan fingerprint density at radius 3 is 2.58 bits per heavy atom. The minimum absolute atomic E-state index is 0.0984. The van der Waals surface area contributed by atoms with Gasteiger partial charge in [-0.2, -0.15) is 0 Å². The molecule has 5 rings (SSSR count). The highest BCUT2D eigenvalue weighted by atomic mass is 35.5. The van der Waals surface area contributed by atoms with Gasteiger partial charge in [0.1, 0.15) is 0 Å². The van der Waals surface area contributed by atoms with Crippen LogP contribution in [-0.2, 0) is 11.2 Å². The molecular formula is C25H28ClN5OS. The largest absolute Gasteiger partial charge is 0.311 e. The lowest BCUT2D eigenvalue weighted by atomic mass is 10.1. The number of nitrogens with zero attached hydrogens (tertiary/aromatic N) is 5. The molecule has 0 bridgehead atoms. The molecule has 1 aromatic heterocycles. The number of rotatable bonds is 6. The Kier molecular flexibility index (Phi) is 6.71. The smallest absolute Gasteiger partial charge is 0.237 e. The molecule has 3 heterocycles. The summed E-state index contributed by atoms with van der Waals surface area (Å²) < 4.78 is 2.09. The van der Waals surface area contributed by atoms with Gasteiger partial charge >= 0.3 is 0 Å². The number of anilines is 1. The zero-order chi connectivity index (χ0) is 22.8. The molecule has 8 heteroatoms. The van der Waals surface area contributed by atoms with Gasteiger partial charge in [-0.15, -0.1) is 10.2 Å². The third-order valence-corrected chi connectivity index (χ3v) is 7.73. The van der Waals surface area contributed by atoms with Gasteiger partial charge in [-0.05, 0) is 75.2 Å². The van der Waals surface area contributed by atoms with E-state index in [1.807, 2.05) is 47.4 Å². The number of carbonyl (C=O) groups is 1. The Morgan fingerprint density at radius 1 is 1.03 bits per heavy atom. The van der Waals surface area contributed by atoms with Crippen LogP contribution >= 0.6 is 23.4 Å². The summed E-state index contributed by atoms with van der Waals surface area (Å²) in [6.45, 7) is 5.08. The van der Waals surface area contributed by atoms with Gasteiger partial charge in [0.25, 0.3) is 0 Å². The quantitative estimate of drug-likeness (QED) is 0.456. The van der Waals surface area contributed by atoms with E-state index in [4.69, 9.17) is 11.6 Å². The predicted molar refractivity (Wildman–Crippen MR) is 133 cm³/mol. The third-order valence-electron chi connectivity index (χ3n) is 6.57. The molecule has 0 unspecified atom stereocenters. The number of likely N-dealkylation sites (tertiary alicyclic amines) is 1. The number of amides is 1. The van der Waals surface area contributed by atoms with Crippen LogP contribution in [0, 0.1) is 0 Å². The maximum Gasteiger partial charge on any atom is 0.237 e. The number of para-hydroxylation sites is 1. The fourth-order valence-corrected chi connectivity index (χ4v) is 5.71. The van der Waals surface area contributed by atoms with Crippen molar-refractivity contribution in [3.63, 3.8) is 0 Å². The minimum Gasteiger partial charge on any atom is -0.311 e. The van der Waals surface area contributed by atoms with Gasteiger partial charge in [0.2, 0.25) is 5.91 Å². The summed E-state index contributed by atoms with van der Waals surface area (Å²) in [5.74, 6) is 1.32. The van der Waals surface area contributed by atoms with Crippen LogP contribution in [0.5, 0.6) is 0 Å². The average Bonchev–Trinajstić information content (AvgIpc) is 3.48. The number of fused-ring (bicyclic) bond motifs is 1. The highest BCUT2D eigenvalue weighted by molar-refractivity contribution is 7.99. The van der Waals surface area contributed by atoms with Gasteiger partial charge < -0.3 is 4.90 Å². The molecule has 0 aliphatic carbocycles. The highest BCUT2D eigenvalue weighted by Crippen LogP contribution is 2.32. The van der Waals surface area contributed by atoms with Crippen LogP contribution in [0.4, 0.5) is 5.69 Å². The van der Waals surface area contributed by atoms with Crippen molar-refractivity contribution in [3.8, 4) is 5.69 Å². The summed E-state index contributed by atoms with van der Waals surface area (Å²) in [7, 11) is 0. The number of carbonyl (C=O) groups excluding carboxylic acids is 1. The molecule has 6 nitrogen and oxygen atoms in total. The monoisotopic (exact) mass is 481 g/mol. The predicted octanol–water partition coefficient (Wildman–Crippen LogP) is 5.15. The molecule has 3 aromatic rings. The van der Waals surface area contributed by atoms with Crippen molar-refractivity contribution in [2.45, 2.75) is 43.8 Å². The Morgan fingerprint density at radius 2 is 1.79 bits per heavy atom. The summed E-state index contributed by atoms with van der Waals surface area (Å²) in [6.07, 6.45) is 4.63. The molecule has 0 radical (unpaired) electrons. The molecule has 2 aliphatic heterocycles. The normalized spacial score (nSPS) is 17.2. The maximum atomic E-state index is 13.1. The fourth-order valence-electron chi connectivity index (χ4n) is 4.75. The first-order valence-corrected chi connectivity index (χ1v) is 12.9. The minimum atomic E-state index is 0.0984. The first-order chi connectivity index (χ1) is 16.1. The van der Waals surface area contributed by atoms with E-state index in [1.54, 1.807) is 0 Å². The van der Waals surface area contributed by atoms with Gasteiger partial charge in [0.05, 0.1) is 11.8 Å². The summed E-state index contributed by atoms with van der Waals surface area (Å²) in [6, 6.07) is 16.0. The summed E-state index contributed by atoms with van der Waals surface area (Å²) >= 11 is 7.60. The van der Waals surface area contributed by atoms with Gasteiger partial charge in [-0.25, -0.2) is 0 Å². The Bertz CT molecular complexity index is 1130. The summed E-state index contributed by atoms with van der Waals surface area (Å²) in [5.41, 5.74) is 3.23. The topological polar surface area (TPSA) is 54.3 Å². The van der Waals surface area contributed by atoms with Crippen LogP contribution in [0.1, 0.15) is 43.6 Å². The number of piperidine rings is 1. The van der Waals surface area contributed by atoms with Gasteiger partial charge in [0.15, 0.2) is 11.0 Å². The van der Waals surface area contributed by atoms with Crippen molar-refractivity contribution in [2.24, 2.45) is 0 Å². The van der Waals surface area contributed by atoms with Gasteiger partial charge in [-0.3, -0.25) is 14.3 Å². The molecular weight excluding hydrogens is 454 g/mol. The highest BCUT2D eigenvalue weighted by Gasteiger charge is 2.28. The maximum absolute atomic E-state index is 13.1. The van der Waals surface area contributed by atoms with Crippen LogP contribution in [0.15, 0.2) is 53.7 Å². The Balaban J connectivity index is 1.39. The molecule has 1 atom stereocenters. The number of halogens is 1. The van der Waals surface area contributed by atoms with Gasteiger partial charge in [0, 0.05) is 22.9 Å². The lowest BCUT2D eigenvalue weighted by Gasteiger charge is -2.31. The zero-order valence-electron chi connectivity index (χ0n) is 18.8. The Labute approximate surface area is 203 Å². The van der Waals surface area contributed by atoms with E-state index in [9.17, 15) is 4.79 Å². The lowest BCUT2D eigenvalue weighted by Crippen LogP contribution is -2.33. The molecule has 2 aromatic carbocycles. The van der Waals surface area contributed by atoms with Crippen LogP contribution < -0.4 is 4.90 Å². The van der Waals surface area contributed by atoms with Crippen molar-refractivity contribution in [3.05, 3.63) is 64.9 Å². The van der Waals surface area contributed by atoms with Crippen LogP contribution in [0.2, 0.25) is 5.02 Å². The van der Waals surface area contributed by atoms with E-state index in [0.29, 0.717) is 10.8 Å². The molecule has 2 aliphatic rings. The van der Waals surface area contributed by atoms with E-state index in [0.717, 1.165) is 48.4 Å². The Hall–Kier alpha value is -2.35. The van der Waals surface area contributed by atoms with Crippen molar-refractivity contribution in [1.29, 1.82) is 0 Å². The molecule has 0 spiro atoms. The fraction of sp³-hybridized carbons (Fsp3) is 0.400. The first kappa shape index (κ1) is 22.4. The zero-order valence-corrected chi connectivity index (χ0v) is 20.4. The summed E-state index contributed by atoms with van der Waals surface area (Å²) in [5, 5.41) is 10.5. The number of aromatic nitrogens is 3. The molecule has 1 amide bonds. The number of hydrogen-bond acceptors (Lipinski definition) is 5. The van der Waals surface area contributed by atoms with Crippen molar-refractivity contribution in [2.75, 3.05) is 30.3 Å². The average molecular weight is 482 g/mol. The lowest BCUT2D eigenvalue weighted by molar-refractivity contribution is -0.116. The molecule has 0 N–H and O–H groups in total. The van der Waals surface area contributed by atoms with Crippen LogP contribution in [-0.4, -0.2) is 51.0 Å². The third kappa shape index (κ3) is 4.67. The number of benzene rings is 2. The SMILES string of the molecule is C[C@@H](c1nnc(SCC(=O)N2CCc3ccccc32)n1-c1ccc(Cl)cc1)N1CCCCC1. The van der Waals surface area contributed by atoms with E-state index in [1.165, 1.54) is 36.6 Å². The number of hydrogen-bond donors (Lipinski definition) is 0. The second kappa shape index (κ2) is 9.87. The molecule has 1 fully saturated rings. The second-order valence-corrected chi connectivity index (χ2v) is 10.0. The van der Waals surface area contributed by atoms with Crippen molar-refractivity contribution >= 4 is 35.0 Å². The molecule has 172 valence electrons. The van der Waals surface area contributed by atoms with Crippen LogP contribution in [0.25, 0.3) is 5.69 Å². The van der Waals surface area contributed by atoms with E-state index in [2.05, 4.69) is 32.7 Å². The van der Waals surface area contributed by atoms with E-state index >= 15 is 0 Å². The molecule has 33 heavy (non-hydrogen) atoms. The molecule has 0 saturated carbocycles. The number of thioether (sulfide) groups is 1. The van der Waals surface area contributed by atoms with E-state index < -0.39 is 0 Å². The van der Waals surface area contributed by atoms with E-state index in [-0.39, 0.29) is 11.9 Å². The first-order valence-electron chi connectivity index (χ1n) is 11.6. The van der Waals surface area contributed by atoms with Crippen LogP contribution in [0.3, 0.4) is 0 Å². The van der Waals surface area contributed by atoms with Crippen molar-refractivity contribution < 1.29 is 4.79 Å². The standard InChI is InChI=1S/C25H28ClN5OS/c1-18(29-14-5-2-6-15-29)24-27-28-25(31(24)21-11-9-20(26)10-12-21)33-17-23(32)30-16-13-19-7-3-4-8-22(19)30/h3-4,7-12,18H,2,5-6,13-17H2,1H3/t18-/m0/s1. The summed E-state index contributed by atoms with van der Waals surface area (Å²) in [4.78, 5) is 17.4.